The second-order valence-corrected chi connectivity index (χ2v) is 12.0. The molecule has 1 saturated carbocycles. The van der Waals surface area contributed by atoms with Crippen LogP contribution in [0.25, 0.3) is 0 Å². The highest BCUT2D eigenvalue weighted by molar-refractivity contribution is 7.89. The molecule has 1 fully saturated rings. The predicted molar refractivity (Wildman–Crippen MR) is 148 cm³/mol. The number of rotatable bonds is 14. The highest BCUT2D eigenvalue weighted by Gasteiger charge is 2.27. The summed E-state index contributed by atoms with van der Waals surface area (Å²) in [5.74, 6) is -2.28. The van der Waals surface area contributed by atoms with Crippen molar-refractivity contribution in [3.63, 3.8) is 0 Å². The number of pyridine rings is 1. The summed E-state index contributed by atoms with van der Waals surface area (Å²) in [6.45, 7) is -3.70. The van der Waals surface area contributed by atoms with Crippen LogP contribution in [0.3, 0.4) is 0 Å². The van der Waals surface area contributed by atoms with E-state index in [-0.39, 0.29) is 62.1 Å². The quantitative estimate of drug-likeness (QED) is 0.144. The maximum Gasteiger partial charge on any atom is 0.387 e. The van der Waals surface area contributed by atoms with Gasteiger partial charge in [0.05, 0.1) is 17.1 Å². The number of carbonyl (C=O) groups excluding carboxylic acids is 1. The summed E-state index contributed by atoms with van der Waals surface area (Å²) < 4.78 is 69.7. The van der Waals surface area contributed by atoms with Crippen LogP contribution in [0, 0.1) is 11.1 Å². The van der Waals surface area contributed by atoms with Crippen LogP contribution >= 0.6 is 23.2 Å². The molecule has 0 saturated heterocycles. The fraction of sp³-hybridized carbons (Fsp3) is 0.296. The summed E-state index contributed by atoms with van der Waals surface area (Å²) in [6, 6.07) is 8.23. The van der Waals surface area contributed by atoms with Crippen LogP contribution in [0.5, 0.6) is 11.5 Å². The highest BCUT2D eigenvalue weighted by Crippen LogP contribution is 2.37. The van der Waals surface area contributed by atoms with Gasteiger partial charge in [0.2, 0.25) is 10.0 Å². The Hall–Kier alpha value is -3.72. The minimum atomic E-state index is -4.24. The van der Waals surface area contributed by atoms with E-state index in [0.29, 0.717) is 4.73 Å². The Bertz CT molecular complexity index is 1580. The number of halogens is 4. The molecule has 0 radical (unpaired) electrons. The minimum absolute atomic E-state index is 0.0288. The number of carboxylic acid groups (broad SMARTS) is 1. The number of sulfonamides is 1. The lowest BCUT2D eigenvalue weighted by molar-refractivity contribution is -0.605. The average molecular weight is 661 g/mol. The number of nitrogens with zero attached hydrogens (tertiary/aromatic N) is 1. The number of carboxylic acids is 1. The Morgan fingerprint density at radius 1 is 1.07 bits per heavy atom. The van der Waals surface area contributed by atoms with Gasteiger partial charge in [-0.15, -0.1) is 0 Å². The van der Waals surface area contributed by atoms with E-state index < -0.39 is 41.2 Å². The smallest absolute Gasteiger partial charge is 0.387 e. The second kappa shape index (κ2) is 13.7. The Balaban J connectivity index is 1.58. The molecule has 43 heavy (non-hydrogen) atoms. The van der Waals surface area contributed by atoms with Gasteiger partial charge in [0.15, 0.2) is 23.9 Å². The molecular weight excluding hydrogens is 637 g/mol. The van der Waals surface area contributed by atoms with Gasteiger partial charge in [-0.3, -0.25) is 4.79 Å². The zero-order valence-corrected chi connectivity index (χ0v) is 24.4. The molecule has 2 N–H and O–H groups in total. The van der Waals surface area contributed by atoms with Crippen LogP contribution in [0.1, 0.15) is 40.4 Å². The summed E-state index contributed by atoms with van der Waals surface area (Å²) in [5.41, 5.74) is 0.340. The van der Waals surface area contributed by atoms with Crippen molar-refractivity contribution in [3.05, 3.63) is 86.8 Å². The lowest BCUT2D eigenvalue weighted by atomic mass is 10.0. The average Bonchev–Trinajstić information content (AvgIpc) is 3.77. The summed E-state index contributed by atoms with van der Waals surface area (Å²) in [6.07, 6.45) is 2.54. The van der Waals surface area contributed by atoms with Crippen molar-refractivity contribution >= 4 is 45.2 Å². The Labute approximate surface area is 254 Å². The second-order valence-electron chi connectivity index (χ2n) is 9.47. The van der Waals surface area contributed by atoms with Crippen LogP contribution in [-0.4, -0.2) is 45.2 Å². The molecule has 1 aromatic heterocycles. The van der Waals surface area contributed by atoms with Gasteiger partial charge >= 0.3 is 18.6 Å². The minimum Gasteiger partial charge on any atom is -0.619 e. The number of alkyl halides is 2. The van der Waals surface area contributed by atoms with Crippen molar-refractivity contribution in [2.24, 2.45) is 5.92 Å². The van der Waals surface area contributed by atoms with E-state index in [1.165, 1.54) is 18.2 Å². The third kappa shape index (κ3) is 8.89. The van der Waals surface area contributed by atoms with E-state index >= 15 is 0 Å². The topological polar surface area (TPSA) is 155 Å². The number of ether oxygens (including phenoxy) is 3. The molecule has 4 rings (SSSR count). The van der Waals surface area contributed by atoms with Crippen molar-refractivity contribution in [1.29, 1.82) is 0 Å². The van der Waals surface area contributed by atoms with Crippen LogP contribution in [0.4, 0.5) is 8.78 Å². The zero-order chi connectivity index (χ0) is 31.3. The number of hydrogen-bond donors (Lipinski definition) is 2. The van der Waals surface area contributed by atoms with Crippen molar-refractivity contribution in [2.75, 3.05) is 13.2 Å². The molecule has 1 aliphatic carbocycles. The van der Waals surface area contributed by atoms with Crippen molar-refractivity contribution < 1.29 is 50.8 Å². The summed E-state index contributed by atoms with van der Waals surface area (Å²) in [5, 5.41) is 20.6. The molecule has 3 aromatic rings. The number of nitrogens with one attached hydrogen (secondary N) is 1. The maximum absolute atomic E-state index is 13.0. The van der Waals surface area contributed by atoms with E-state index in [1.54, 1.807) is 0 Å². The Morgan fingerprint density at radius 3 is 2.30 bits per heavy atom. The lowest BCUT2D eigenvalue weighted by Gasteiger charge is -2.21. The molecule has 0 aliphatic heterocycles. The molecule has 0 spiro atoms. The van der Waals surface area contributed by atoms with Crippen molar-refractivity contribution in [2.45, 2.75) is 36.9 Å². The summed E-state index contributed by atoms with van der Waals surface area (Å²) in [4.78, 5) is 23.6. The fourth-order valence-electron chi connectivity index (χ4n) is 3.88. The van der Waals surface area contributed by atoms with Gasteiger partial charge in [0.1, 0.15) is 22.7 Å². The Kier molecular flexibility index (Phi) is 10.3. The normalized spacial score (nSPS) is 13.9. The predicted octanol–water partition coefficient (Wildman–Crippen LogP) is 4.52. The molecule has 0 unspecified atom stereocenters. The lowest BCUT2D eigenvalue weighted by Crippen LogP contribution is -2.32. The first-order valence-electron chi connectivity index (χ1n) is 12.6. The van der Waals surface area contributed by atoms with E-state index in [4.69, 9.17) is 37.8 Å². The monoisotopic (exact) mass is 660 g/mol. The molecule has 1 aliphatic rings. The molecule has 1 heterocycles. The van der Waals surface area contributed by atoms with Crippen molar-refractivity contribution in [3.8, 4) is 11.5 Å². The van der Waals surface area contributed by atoms with Crippen LogP contribution in [0.2, 0.25) is 10.0 Å². The molecule has 2 aromatic carbocycles. The first-order valence-corrected chi connectivity index (χ1v) is 14.9. The van der Waals surface area contributed by atoms with E-state index in [2.05, 4.69) is 9.46 Å². The molecule has 11 nitrogen and oxygen atoms in total. The van der Waals surface area contributed by atoms with Gasteiger partial charge in [0, 0.05) is 12.0 Å². The Morgan fingerprint density at radius 2 is 1.72 bits per heavy atom. The molecule has 230 valence electrons. The molecule has 16 heteroatoms. The van der Waals surface area contributed by atoms with Gasteiger partial charge in [-0.05, 0) is 60.7 Å². The van der Waals surface area contributed by atoms with Gasteiger partial charge in [-0.1, -0.05) is 29.3 Å². The van der Waals surface area contributed by atoms with Gasteiger partial charge < -0.3 is 24.5 Å². The van der Waals surface area contributed by atoms with Gasteiger partial charge in [-0.2, -0.15) is 18.2 Å². The number of carbonyl (C=O) groups is 2. The molecular formula is C27H24Cl2F2N2O9S. The van der Waals surface area contributed by atoms with Crippen LogP contribution < -0.4 is 18.9 Å². The van der Waals surface area contributed by atoms with Crippen molar-refractivity contribution in [1.82, 2.24) is 4.72 Å². The third-order valence-electron chi connectivity index (χ3n) is 6.27. The van der Waals surface area contributed by atoms with E-state index in [9.17, 15) is 32.0 Å². The fourth-order valence-corrected chi connectivity index (χ4v) is 5.44. The van der Waals surface area contributed by atoms with Gasteiger partial charge in [0.25, 0.3) is 0 Å². The standard InChI is InChI=1S/C27H24Cl2F2N2O9S/c28-20-12-33(37)13-21(29)19(20)10-23(17-5-8-22(42-27(30)31)24(9-17)40-14-15-1-2-15)41-25(34)11-32-43(38,39)18-6-3-16(4-7-18)26(35)36/h3-9,12-13,15,23,27,32H,1-2,10-11,14H2,(H,35,36)/t23-/m0/s1. The number of aromatic carboxylic acids is 1. The number of aromatic nitrogens is 1. The van der Waals surface area contributed by atoms with Crippen LogP contribution in [0.15, 0.2) is 59.8 Å². The van der Waals surface area contributed by atoms with Crippen LogP contribution in [-0.2, 0) is 26.0 Å². The zero-order valence-electron chi connectivity index (χ0n) is 22.0. The molecule has 0 amide bonds. The van der Waals surface area contributed by atoms with E-state index in [0.717, 1.165) is 49.5 Å². The maximum atomic E-state index is 13.0. The molecule has 0 bridgehead atoms. The molecule has 1 atom stereocenters. The number of benzene rings is 2. The summed E-state index contributed by atoms with van der Waals surface area (Å²) >= 11 is 12.5. The first-order chi connectivity index (χ1) is 20.3. The number of esters is 1. The third-order valence-corrected chi connectivity index (χ3v) is 8.33. The highest BCUT2D eigenvalue weighted by atomic mass is 35.5. The number of hydrogen-bond acceptors (Lipinski definition) is 8. The van der Waals surface area contributed by atoms with Gasteiger partial charge in [-0.25, -0.2) is 13.2 Å². The largest absolute Gasteiger partial charge is 0.619 e. The van der Waals surface area contributed by atoms with E-state index in [1.807, 2.05) is 0 Å². The first kappa shape index (κ1) is 32.2. The summed E-state index contributed by atoms with van der Waals surface area (Å²) in [7, 11) is -4.24. The SMILES string of the molecule is O=C(CNS(=O)(=O)c1ccc(C(=O)O)cc1)O[C@@H](Cc1c(Cl)c[n+]([O-])cc1Cl)c1ccc(OC(F)F)c(OCC2CC2)c1.